The van der Waals surface area contributed by atoms with Gasteiger partial charge < -0.3 is 5.73 Å². The predicted octanol–water partition coefficient (Wildman–Crippen LogP) is 2.72. The van der Waals surface area contributed by atoms with Gasteiger partial charge in [0, 0.05) is 11.6 Å². The Hall–Kier alpha value is -0.610. The van der Waals surface area contributed by atoms with E-state index in [9.17, 15) is 8.78 Å². The maximum Gasteiger partial charge on any atom is 0.163 e. The molecule has 0 saturated carbocycles. The van der Waals surface area contributed by atoms with Crippen LogP contribution in [0.1, 0.15) is 18.0 Å². The topological polar surface area (TPSA) is 26.0 Å². The van der Waals surface area contributed by atoms with Crippen LogP contribution >= 0.6 is 11.8 Å². The third kappa shape index (κ3) is 2.16. The normalized spacial score (nSPS) is 23.0. The van der Waals surface area contributed by atoms with Crippen molar-refractivity contribution in [3.05, 3.63) is 35.4 Å². The van der Waals surface area contributed by atoms with Crippen molar-refractivity contribution < 1.29 is 8.78 Å². The zero-order valence-corrected chi connectivity index (χ0v) is 9.07. The molecule has 82 valence electrons. The van der Waals surface area contributed by atoms with Gasteiger partial charge in [-0.3, -0.25) is 0 Å². The quantitative estimate of drug-likeness (QED) is 0.843. The smallest absolute Gasteiger partial charge is 0.163 e. The molecule has 1 aliphatic heterocycles. The van der Waals surface area contributed by atoms with Crippen LogP contribution < -0.4 is 5.73 Å². The molecule has 0 aliphatic carbocycles. The Morgan fingerprint density at radius 2 is 2.20 bits per heavy atom. The lowest BCUT2D eigenvalue weighted by atomic mass is 9.93. The molecule has 1 aromatic carbocycles. The van der Waals surface area contributed by atoms with Crippen LogP contribution in [0.15, 0.2) is 18.2 Å². The van der Waals surface area contributed by atoms with Crippen LogP contribution in [0.3, 0.4) is 0 Å². The largest absolute Gasteiger partial charge is 0.324 e. The Morgan fingerprint density at radius 1 is 1.40 bits per heavy atom. The molecule has 1 aliphatic rings. The molecule has 0 spiro atoms. The number of benzene rings is 1. The van der Waals surface area contributed by atoms with Crippen LogP contribution in [0.5, 0.6) is 0 Å². The van der Waals surface area contributed by atoms with E-state index < -0.39 is 11.6 Å². The van der Waals surface area contributed by atoms with Gasteiger partial charge in [0.2, 0.25) is 0 Å². The van der Waals surface area contributed by atoms with Crippen LogP contribution in [0, 0.1) is 17.6 Å². The van der Waals surface area contributed by atoms with Gasteiger partial charge in [0.1, 0.15) is 0 Å². The first kappa shape index (κ1) is 10.9. The van der Waals surface area contributed by atoms with Gasteiger partial charge in [-0.15, -0.1) is 0 Å². The highest BCUT2D eigenvalue weighted by molar-refractivity contribution is 7.99. The average Bonchev–Trinajstić information content (AvgIpc) is 2.74. The van der Waals surface area contributed by atoms with E-state index in [1.807, 2.05) is 11.8 Å². The van der Waals surface area contributed by atoms with Crippen molar-refractivity contribution in [2.75, 3.05) is 11.5 Å². The molecule has 2 atom stereocenters. The Labute approximate surface area is 92.0 Å². The lowest BCUT2D eigenvalue weighted by molar-refractivity contribution is 0.438. The number of rotatable bonds is 2. The molecule has 1 saturated heterocycles. The second-order valence-electron chi connectivity index (χ2n) is 3.79. The summed E-state index contributed by atoms with van der Waals surface area (Å²) >= 11 is 1.82. The molecule has 1 heterocycles. The Morgan fingerprint density at radius 3 is 2.87 bits per heavy atom. The van der Waals surface area contributed by atoms with Crippen molar-refractivity contribution in [3.63, 3.8) is 0 Å². The number of thioether (sulfide) groups is 1. The van der Waals surface area contributed by atoms with E-state index in [0.717, 1.165) is 24.0 Å². The minimum atomic E-state index is -0.811. The first-order valence-electron chi connectivity index (χ1n) is 4.97. The minimum absolute atomic E-state index is 0.270. The number of hydrogen-bond donors (Lipinski definition) is 1. The summed E-state index contributed by atoms with van der Waals surface area (Å²) in [5.74, 6) is 0.675. The molecule has 2 rings (SSSR count). The van der Waals surface area contributed by atoms with Crippen molar-refractivity contribution in [2.24, 2.45) is 11.7 Å². The fraction of sp³-hybridized carbons (Fsp3) is 0.455. The maximum absolute atomic E-state index is 13.4. The fourth-order valence-electron chi connectivity index (χ4n) is 1.87. The lowest BCUT2D eigenvalue weighted by Gasteiger charge is -2.19. The standard InChI is InChI=1S/C11H13F2NS/c12-9-3-1-2-8(10(9)13)11(14)7-4-5-15-6-7/h1-3,7,11H,4-6,14H2. The van der Waals surface area contributed by atoms with E-state index in [-0.39, 0.29) is 12.0 Å². The van der Waals surface area contributed by atoms with Gasteiger partial charge in [-0.1, -0.05) is 12.1 Å². The van der Waals surface area contributed by atoms with Crippen LogP contribution in [0.2, 0.25) is 0 Å². The first-order chi connectivity index (χ1) is 7.20. The van der Waals surface area contributed by atoms with Crippen molar-refractivity contribution >= 4 is 11.8 Å². The van der Waals surface area contributed by atoms with Crippen LogP contribution in [0.25, 0.3) is 0 Å². The third-order valence-electron chi connectivity index (χ3n) is 2.81. The van der Waals surface area contributed by atoms with Gasteiger partial charge in [0.25, 0.3) is 0 Å². The van der Waals surface area contributed by atoms with Gasteiger partial charge in [-0.25, -0.2) is 8.78 Å². The molecular weight excluding hydrogens is 216 g/mol. The summed E-state index contributed by atoms with van der Waals surface area (Å²) in [5.41, 5.74) is 6.26. The van der Waals surface area contributed by atoms with E-state index in [4.69, 9.17) is 5.73 Å². The second kappa shape index (κ2) is 4.49. The van der Waals surface area contributed by atoms with E-state index in [2.05, 4.69) is 0 Å². The highest BCUT2D eigenvalue weighted by Crippen LogP contribution is 2.33. The second-order valence-corrected chi connectivity index (χ2v) is 4.94. The zero-order valence-electron chi connectivity index (χ0n) is 8.25. The molecular formula is C11H13F2NS. The van der Waals surface area contributed by atoms with Gasteiger partial charge in [0.05, 0.1) is 0 Å². The molecule has 0 radical (unpaired) electrons. The van der Waals surface area contributed by atoms with Crippen molar-refractivity contribution in [3.8, 4) is 0 Å². The molecule has 15 heavy (non-hydrogen) atoms. The van der Waals surface area contributed by atoms with E-state index in [1.165, 1.54) is 6.07 Å². The monoisotopic (exact) mass is 229 g/mol. The highest BCUT2D eigenvalue weighted by Gasteiger charge is 2.26. The molecule has 1 fully saturated rings. The fourth-order valence-corrected chi connectivity index (χ4v) is 3.18. The summed E-state index contributed by atoms with van der Waals surface area (Å²) < 4.78 is 26.4. The molecule has 0 bridgehead atoms. The Kier molecular flexibility index (Phi) is 3.26. The van der Waals surface area contributed by atoms with Crippen molar-refractivity contribution in [1.82, 2.24) is 0 Å². The molecule has 0 amide bonds. The van der Waals surface area contributed by atoms with E-state index >= 15 is 0 Å². The summed E-state index contributed by atoms with van der Waals surface area (Å²) in [5, 5.41) is 0. The maximum atomic E-state index is 13.4. The summed E-state index contributed by atoms with van der Waals surface area (Å²) in [4.78, 5) is 0. The van der Waals surface area contributed by atoms with Gasteiger partial charge in [0.15, 0.2) is 11.6 Å². The Balaban J connectivity index is 2.24. The molecule has 1 nitrogen and oxygen atoms in total. The first-order valence-corrected chi connectivity index (χ1v) is 6.13. The molecule has 1 aromatic rings. The number of nitrogens with two attached hydrogens (primary N) is 1. The van der Waals surface area contributed by atoms with Crippen molar-refractivity contribution in [1.29, 1.82) is 0 Å². The predicted molar refractivity (Wildman–Crippen MR) is 58.7 cm³/mol. The third-order valence-corrected chi connectivity index (χ3v) is 4.00. The lowest BCUT2D eigenvalue weighted by Crippen LogP contribution is -2.22. The molecule has 2 unspecified atom stereocenters. The van der Waals surface area contributed by atoms with Crippen LogP contribution in [-0.4, -0.2) is 11.5 Å². The summed E-state index contributed by atoms with van der Waals surface area (Å²) in [6, 6.07) is 3.83. The van der Waals surface area contributed by atoms with Crippen LogP contribution in [0.4, 0.5) is 8.78 Å². The molecule has 2 N–H and O–H groups in total. The summed E-state index contributed by atoms with van der Waals surface area (Å²) in [6.07, 6.45) is 0.988. The van der Waals surface area contributed by atoms with Crippen LogP contribution in [-0.2, 0) is 0 Å². The van der Waals surface area contributed by atoms with Crippen molar-refractivity contribution in [2.45, 2.75) is 12.5 Å². The zero-order chi connectivity index (χ0) is 10.8. The SMILES string of the molecule is NC(c1cccc(F)c1F)C1CCSC1. The van der Waals surface area contributed by atoms with E-state index in [1.54, 1.807) is 6.07 Å². The Bertz CT molecular complexity index is 350. The summed E-state index contributed by atoms with van der Waals surface area (Å²) in [7, 11) is 0. The summed E-state index contributed by atoms with van der Waals surface area (Å²) in [6.45, 7) is 0. The average molecular weight is 229 g/mol. The minimum Gasteiger partial charge on any atom is -0.324 e. The number of hydrogen-bond acceptors (Lipinski definition) is 2. The van der Waals surface area contributed by atoms with Gasteiger partial charge in [-0.05, 0) is 29.9 Å². The molecule has 4 heteroatoms. The van der Waals surface area contributed by atoms with Gasteiger partial charge in [-0.2, -0.15) is 11.8 Å². The number of halogens is 2. The molecule has 0 aromatic heterocycles. The van der Waals surface area contributed by atoms with Gasteiger partial charge >= 0.3 is 0 Å². The highest BCUT2D eigenvalue weighted by atomic mass is 32.2. The van der Waals surface area contributed by atoms with E-state index in [0.29, 0.717) is 5.56 Å².